The van der Waals surface area contributed by atoms with E-state index in [-0.39, 0.29) is 0 Å². The van der Waals surface area contributed by atoms with Gasteiger partial charge in [0.1, 0.15) is 4.99 Å². The summed E-state index contributed by atoms with van der Waals surface area (Å²) in [6.45, 7) is 2.29. The molecular formula is C16H23ClN2S. The van der Waals surface area contributed by atoms with Gasteiger partial charge in [-0.05, 0) is 49.8 Å². The van der Waals surface area contributed by atoms with Crippen molar-refractivity contribution in [3.8, 4) is 0 Å². The van der Waals surface area contributed by atoms with Gasteiger partial charge in [0.05, 0.1) is 5.02 Å². The van der Waals surface area contributed by atoms with Crippen molar-refractivity contribution < 1.29 is 0 Å². The van der Waals surface area contributed by atoms with Gasteiger partial charge in [-0.1, -0.05) is 37.2 Å². The van der Waals surface area contributed by atoms with Gasteiger partial charge in [-0.2, -0.15) is 0 Å². The molecule has 1 aliphatic carbocycles. The summed E-state index contributed by atoms with van der Waals surface area (Å²) < 4.78 is 0. The van der Waals surface area contributed by atoms with E-state index in [4.69, 9.17) is 29.6 Å². The zero-order chi connectivity index (χ0) is 14.7. The lowest BCUT2D eigenvalue weighted by molar-refractivity contribution is 0.313. The molecule has 0 bridgehead atoms. The lowest BCUT2D eigenvalue weighted by Crippen LogP contribution is -2.35. The SMILES string of the molecule is CCC1CCC(N(C)c2ccc(C(N)=S)c(Cl)c2)CC1. The summed E-state index contributed by atoms with van der Waals surface area (Å²) in [6, 6.07) is 6.58. The molecule has 0 aromatic heterocycles. The Morgan fingerprint density at radius 2 is 2.00 bits per heavy atom. The van der Waals surface area contributed by atoms with Crippen LogP contribution in [-0.4, -0.2) is 18.1 Å². The number of anilines is 1. The predicted octanol–water partition coefficient (Wildman–Crippen LogP) is 4.38. The molecule has 0 amide bonds. The highest BCUT2D eigenvalue weighted by Crippen LogP contribution is 2.32. The minimum Gasteiger partial charge on any atom is -0.389 e. The molecule has 0 heterocycles. The van der Waals surface area contributed by atoms with Crippen LogP contribution >= 0.6 is 23.8 Å². The second kappa shape index (κ2) is 6.77. The first-order chi connectivity index (χ1) is 9.52. The second-order valence-electron chi connectivity index (χ2n) is 5.72. The molecule has 20 heavy (non-hydrogen) atoms. The highest BCUT2D eigenvalue weighted by Gasteiger charge is 2.23. The first kappa shape index (κ1) is 15.6. The van der Waals surface area contributed by atoms with Gasteiger partial charge in [-0.3, -0.25) is 0 Å². The normalized spacial score (nSPS) is 22.6. The maximum atomic E-state index is 6.26. The van der Waals surface area contributed by atoms with Gasteiger partial charge in [0.15, 0.2) is 0 Å². The quantitative estimate of drug-likeness (QED) is 0.837. The van der Waals surface area contributed by atoms with Crippen molar-refractivity contribution in [1.29, 1.82) is 0 Å². The molecule has 0 spiro atoms. The molecule has 1 aromatic carbocycles. The fourth-order valence-corrected chi connectivity index (χ4v) is 3.59. The summed E-state index contributed by atoms with van der Waals surface area (Å²) in [4.78, 5) is 2.70. The van der Waals surface area contributed by atoms with Crippen LogP contribution in [-0.2, 0) is 0 Å². The monoisotopic (exact) mass is 310 g/mol. The molecule has 110 valence electrons. The van der Waals surface area contributed by atoms with E-state index >= 15 is 0 Å². The standard InChI is InChI=1S/C16H23ClN2S/c1-3-11-4-6-12(7-5-11)19(2)13-8-9-14(16(18)20)15(17)10-13/h8-12H,3-7H2,1-2H3,(H2,18,20). The molecule has 0 unspecified atom stereocenters. The van der Waals surface area contributed by atoms with Crippen LogP contribution in [0, 0.1) is 5.92 Å². The summed E-state index contributed by atoms with van der Waals surface area (Å²) in [7, 11) is 2.16. The van der Waals surface area contributed by atoms with Gasteiger partial charge in [0.25, 0.3) is 0 Å². The molecule has 2 rings (SSSR count). The lowest BCUT2D eigenvalue weighted by Gasteiger charge is -2.36. The molecule has 1 aromatic rings. The number of halogens is 1. The molecule has 2 N–H and O–H groups in total. The highest BCUT2D eigenvalue weighted by molar-refractivity contribution is 7.80. The van der Waals surface area contributed by atoms with E-state index in [0.29, 0.717) is 16.1 Å². The maximum Gasteiger partial charge on any atom is 0.105 e. The van der Waals surface area contributed by atoms with Crippen molar-refractivity contribution in [2.45, 2.75) is 45.1 Å². The number of benzene rings is 1. The number of nitrogens with zero attached hydrogens (tertiary/aromatic N) is 1. The van der Waals surface area contributed by atoms with Crippen LogP contribution < -0.4 is 10.6 Å². The van der Waals surface area contributed by atoms with Crippen LogP contribution in [0.4, 0.5) is 5.69 Å². The molecule has 1 saturated carbocycles. The third-order valence-electron chi connectivity index (χ3n) is 4.57. The van der Waals surface area contributed by atoms with Crippen LogP contribution in [0.25, 0.3) is 0 Å². The predicted molar refractivity (Wildman–Crippen MR) is 91.8 cm³/mol. The first-order valence-electron chi connectivity index (χ1n) is 7.35. The van der Waals surface area contributed by atoms with E-state index in [2.05, 4.69) is 24.9 Å². The van der Waals surface area contributed by atoms with Gasteiger partial charge in [-0.25, -0.2) is 0 Å². The number of hydrogen-bond acceptors (Lipinski definition) is 2. The fraction of sp³-hybridized carbons (Fsp3) is 0.562. The Morgan fingerprint density at radius 3 is 2.50 bits per heavy atom. The summed E-state index contributed by atoms with van der Waals surface area (Å²) in [5.41, 5.74) is 7.55. The van der Waals surface area contributed by atoms with Gasteiger partial charge in [-0.15, -0.1) is 0 Å². The molecule has 2 nitrogen and oxygen atoms in total. The lowest BCUT2D eigenvalue weighted by atomic mass is 9.84. The third kappa shape index (κ3) is 3.44. The second-order valence-corrected chi connectivity index (χ2v) is 6.57. The largest absolute Gasteiger partial charge is 0.389 e. The van der Waals surface area contributed by atoms with Crippen molar-refractivity contribution in [3.63, 3.8) is 0 Å². The molecule has 4 heteroatoms. The summed E-state index contributed by atoms with van der Waals surface area (Å²) >= 11 is 11.2. The summed E-state index contributed by atoms with van der Waals surface area (Å²) in [5, 5.41) is 0.643. The van der Waals surface area contributed by atoms with Crippen molar-refractivity contribution in [2.75, 3.05) is 11.9 Å². The zero-order valence-electron chi connectivity index (χ0n) is 12.2. The molecule has 0 radical (unpaired) electrons. The molecular weight excluding hydrogens is 288 g/mol. The molecule has 0 aliphatic heterocycles. The minimum absolute atomic E-state index is 0.354. The first-order valence-corrected chi connectivity index (χ1v) is 8.13. The van der Waals surface area contributed by atoms with E-state index in [0.717, 1.165) is 17.2 Å². The van der Waals surface area contributed by atoms with Gasteiger partial charge in [0, 0.05) is 24.3 Å². The third-order valence-corrected chi connectivity index (χ3v) is 5.10. The smallest absolute Gasteiger partial charge is 0.105 e. The number of hydrogen-bond donors (Lipinski definition) is 1. The van der Waals surface area contributed by atoms with Gasteiger partial charge in [0.2, 0.25) is 0 Å². The molecule has 0 saturated heterocycles. The molecule has 1 aliphatic rings. The molecule has 1 fully saturated rings. The van der Waals surface area contributed by atoms with Crippen LogP contribution in [0.2, 0.25) is 5.02 Å². The van der Waals surface area contributed by atoms with Crippen LogP contribution in [0.3, 0.4) is 0 Å². The van der Waals surface area contributed by atoms with Crippen molar-refractivity contribution in [3.05, 3.63) is 28.8 Å². The van der Waals surface area contributed by atoms with Crippen molar-refractivity contribution in [2.24, 2.45) is 11.7 Å². The van der Waals surface area contributed by atoms with Gasteiger partial charge >= 0.3 is 0 Å². The van der Waals surface area contributed by atoms with E-state index in [1.54, 1.807) is 0 Å². The van der Waals surface area contributed by atoms with Crippen molar-refractivity contribution >= 4 is 34.5 Å². The van der Waals surface area contributed by atoms with Gasteiger partial charge < -0.3 is 10.6 Å². The minimum atomic E-state index is 0.354. The number of rotatable bonds is 4. The van der Waals surface area contributed by atoms with Crippen LogP contribution in [0.1, 0.15) is 44.6 Å². The Labute approximate surface area is 132 Å². The zero-order valence-corrected chi connectivity index (χ0v) is 13.8. The van der Waals surface area contributed by atoms with Crippen LogP contribution in [0.5, 0.6) is 0 Å². The van der Waals surface area contributed by atoms with E-state index in [9.17, 15) is 0 Å². The average molecular weight is 311 g/mol. The Bertz CT molecular complexity index is 481. The number of nitrogens with two attached hydrogens (primary N) is 1. The number of thiocarbonyl (C=S) groups is 1. The highest BCUT2D eigenvalue weighted by atomic mass is 35.5. The molecule has 0 atom stereocenters. The summed E-state index contributed by atoms with van der Waals surface area (Å²) in [6.07, 6.45) is 6.52. The summed E-state index contributed by atoms with van der Waals surface area (Å²) in [5.74, 6) is 0.917. The Kier molecular flexibility index (Phi) is 5.28. The Hall–Kier alpha value is -0.800. The van der Waals surface area contributed by atoms with Crippen LogP contribution in [0.15, 0.2) is 18.2 Å². The Morgan fingerprint density at radius 1 is 1.35 bits per heavy atom. The van der Waals surface area contributed by atoms with E-state index in [1.807, 2.05) is 12.1 Å². The Balaban J connectivity index is 2.08. The average Bonchev–Trinajstić information content (AvgIpc) is 2.46. The van der Waals surface area contributed by atoms with E-state index in [1.165, 1.54) is 32.1 Å². The van der Waals surface area contributed by atoms with E-state index < -0.39 is 0 Å². The topological polar surface area (TPSA) is 29.3 Å². The van der Waals surface area contributed by atoms with Crippen molar-refractivity contribution in [1.82, 2.24) is 0 Å². The maximum absolute atomic E-state index is 6.26. The fourth-order valence-electron chi connectivity index (χ4n) is 3.07.